The fraction of sp³-hybridized carbons (Fsp3) is 0. The number of amidine groups is 2. The molecule has 2 aromatic carbocycles. The molecular weight excluding hydrogens is 400 g/mol. The average molecular weight is 419 g/mol. The van der Waals surface area contributed by atoms with Gasteiger partial charge in [-0.1, -0.05) is 12.1 Å². The first-order chi connectivity index (χ1) is 14.2. The maximum absolute atomic E-state index is 6.02. The Kier molecular flexibility index (Phi) is 5.69. The highest BCUT2D eigenvalue weighted by Crippen LogP contribution is 2.26. The van der Waals surface area contributed by atoms with Crippen LogP contribution in [0.3, 0.4) is 0 Å². The summed E-state index contributed by atoms with van der Waals surface area (Å²) in [6.45, 7) is 0. The van der Waals surface area contributed by atoms with Gasteiger partial charge in [0.25, 0.3) is 0 Å². The Morgan fingerprint density at radius 1 is 0.621 bits per heavy atom. The van der Waals surface area contributed by atoms with Gasteiger partial charge in [0.2, 0.25) is 0 Å². The van der Waals surface area contributed by atoms with E-state index in [9.17, 15) is 0 Å². The van der Waals surface area contributed by atoms with Crippen LogP contribution in [0.4, 0.5) is 11.4 Å². The molecule has 0 atom stereocenters. The van der Waals surface area contributed by atoms with Crippen molar-refractivity contribution in [1.82, 2.24) is 0 Å². The molecular formula is C22H18N4OS2. The highest BCUT2D eigenvalue weighted by atomic mass is 32.1. The Bertz CT molecular complexity index is 1020. The summed E-state index contributed by atoms with van der Waals surface area (Å²) in [6.07, 6.45) is 0. The summed E-state index contributed by atoms with van der Waals surface area (Å²) >= 11 is 3.12. The molecule has 144 valence electrons. The Balaban J connectivity index is 1.42. The van der Waals surface area contributed by atoms with Crippen LogP contribution in [0.5, 0.6) is 11.5 Å². The van der Waals surface area contributed by atoms with Gasteiger partial charge in [-0.25, -0.2) is 9.98 Å². The van der Waals surface area contributed by atoms with Crippen LogP contribution in [-0.2, 0) is 0 Å². The van der Waals surface area contributed by atoms with Crippen molar-refractivity contribution in [3.8, 4) is 11.5 Å². The molecule has 0 unspecified atom stereocenters. The third kappa shape index (κ3) is 4.90. The summed E-state index contributed by atoms with van der Waals surface area (Å²) in [4.78, 5) is 10.8. The third-order valence-corrected chi connectivity index (χ3v) is 5.74. The Morgan fingerprint density at radius 2 is 1.03 bits per heavy atom. The Labute approximate surface area is 176 Å². The highest BCUT2D eigenvalue weighted by Gasteiger charge is 2.03. The topological polar surface area (TPSA) is 86.0 Å². The van der Waals surface area contributed by atoms with Crippen LogP contribution >= 0.6 is 22.7 Å². The van der Waals surface area contributed by atoms with E-state index in [1.807, 2.05) is 83.6 Å². The lowest BCUT2D eigenvalue weighted by molar-refractivity contribution is 0.483. The molecule has 2 aromatic heterocycles. The monoisotopic (exact) mass is 418 g/mol. The first kappa shape index (κ1) is 18.9. The van der Waals surface area contributed by atoms with Crippen molar-refractivity contribution in [2.24, 2.45) is 21.5 Å². The van der Waals surface area contributed by atoms with E-state index in [2.05, 4.69) is 9.98 Å². The number of ether oxygens (including phenoxy) is 1. The molecule has 4 N–H and O–H groups in total. The maximum Gasteiger partial charge on any atom is 0.141 e. The molecule has 7 heteroatoms. The zero-order chi connectivity index (χ0) is 20.1. The van der Waals surface area contributed by atoms with Gasteiger partial charge < -0.3 is 16.2 Å². The van der Waals surface area contributed by atoms with E-state index in [1.54, 1.807) is 22.7 Å². The molecule has 0 aliphatic heterocycles. The van der Waals surface area contributed by atoms with E-state index in [0.29, 0.717) is 23.2 Å². The van der Waals surface area contributed by atoms with Gasteiger partial charge in [0, 0.05) is 0 Å². The molecule has 0 spiro atoms. The number of aliphatic imine (C=N–C) groups is 2. The van der Waals surface area contributed by atoms with Gasteiger partial charge in [0.05, 0.1) is 21.1 Å². The van der Waals surface area contributed by atoms with Crippen LogP contribution < -0.4 is 16.2 Å². The SMILES string of the molecule is NC(=Nc1ccc(Oc2ccc(N=C(N)c3cccs3)cc2)cc1)c1cccs1. The minimum atomic E-state index is 0.506. The summed E-state index contributed by atoms with van der Waals surface area (Å²) in [5.41, 5.74) is 13.6. The first-order valence-corrected chi connectivity index (χ1v) is 10.6. The molecule has 0 aliphatic carbocycles. The van der Waals surface area contributed by atoms with Crippen LogP contribution in [0.1, 0.15) is 9.75 Å². The molecule has 0 saturated carbocycles. The molecule has 0 fully saturated rings. The molecule has 4 aromatic rings. The van der Waals surface area contributed by atoms with E-state index < -0.39 is 0 Å². The van der Waals surface area contributed by atoms with E-state index in [0.717, 1.165) is 21.1 Å². The lowest BCUT2D eigenvalue weighted by Crippen LogP contribution is -2.10. The number of hydrogen-bond donors (Lipinski definition) is 2. The Hall–Kier alpha value is -3.42. The lowest BCUT2D eigenvalue weighted by atomic mass is 10.3. The predicted octanol–water partition coefficient (Wildman–Crippen LogP) is 5.68. The summed E-state index contributed by atoms with van der Waals surface area (Å²) in [5.74, 6) is 2.44. The second kappa shape index (κ2) is 8.72. The fourth-order valence-corrected chi connectivity index (χ4v) is 3.81. The van der Waals surface area contributed by atoms with Crippen molar-refractivity contribution in [3.05, 3.63) is 93.3 Å². The van der Waals surface area contributed by atoms with E-state index in [4.69, 9.17) is 16.2 Å². The molecule has 2 heterocycles. The van der Waals surface area contributed by atoms with Crippen LogP contribution in [0.15, 0.2) is 93.5 Å². The second-order valence-electron chi connectivity index (χ2n) is 6.04. The van der Waals surface area contributed by atoms with Gasteiger partial charge in [-0.15, -0.1) is 22.7 Å². The second-order valence-corrected chi connectivity index (χ2v) is 7.93. The number of nitrogens with two attached hydrogens (primary N) is 2. The van der Waals surface area contributed by atoms with Gasteiger partial charge in [-0.2, -0.15) is 0 Å². The van der Waals surface area contributed by atoms with Gasteiger partial charge in [-0.05, 0) is 71.4 Å². The van der Waals surface area contributed by atoms with Crippen LogP contribution in [-0.4, -0.2) is 11.7 Å². The number of hydrogen-bond acceptors (Lipinski definition) is 5. The number of thiophene rings is 2. The van der Waals surface area contributed by atoms with Crippen LogP contribution in [0, 0.1) is 0 Å². The number of benzene rings is 2. The van der Waals surface area contributed by atoms with Crippen molar-refractivity contribution < 1.29 is 4.74 Å². The van der Waals surface area contributed by atoms with Gasteiger partial charge >= 0.3 is 0 Å². The summed E-state index contributed by atoms with van der Waals surface area (Å²) in [7, 11) is 0. The summed E-state index contributed by atoms with van der Waals surface area (Å²) in [5, 5.41) is 3.95. The summed E-state index contributed by atoms with van der Waals surface area (Å²) in [6, 6.07) is 22.7. The minimum Gasteiger partial charge on any atom is -0.457 e. The molecule has 0 bridgehead atoms. The third-order valence-electron chi connectivity index (χ3n) is 3.96. The van der Waals surface area contributed by atoms with Gasteiger partial charge in [-0.3, -0.25) is 0 Å². The van der Waals surface area contributed by atoms with Crippen molar-refractivity contribution in [3.63, 3.8) is 0 Å². The molecule has 4 rings (SSSR count). The molecule has 0 radical (unpaired) electrons. The molecule has 0 aliphatic rings. The van der Waals surface area contributed by atoms with Crippen molar-refractivity contribution in [1.29, 1.82) is 0 Å². The molecule has 29 heavy (non-hydrogen) atoms. The van der Waals surface area contributed by atoms with Crippen LogP contribution in [0.2, 0.25) is 0 Å². The van der Waals surface area contributed by atoms with Gasteiger partial charge in [0.1, 0.15) is 23.2 Å². The molecule has 5 nitrogen and oxygen atoms in total. The smallest absolute Gasteiger partial charge is 0.141 e. The average Bonchev–Trinajstić information content (AvgIpc) is 3.45. The highest BCUT2D eigenvalue weighted by molar-refractivity contribution is 7.12. The zero-order valence-electron chi connectivity index (χ0n) is 15.4. The first-order valence-electron chi connectivity index (χ1n) is 8.81. The lowest BCUT2D eigenvalue weighted by Gasteiger charge is -2.06. The minimum absolute atomic E-state index is 0.506. The fourth-order valence-electron chi connectivity index (χ4n) is 2.55. The molecule has 0 amide bonds. The maximum atomic E-state index is 6.02. The van der Waals surface area contributed by atoms with Crippen molar-refractivity contribution >= 4 is 45.7 Å². The number of nitrogens with zero attached hydrogens (tertiary/aromatic N) is 2. The quantitative estimate of drug-likeness (QED) is 0.312. The Morgan fingerprint density at radius 3 is 1.38 bits per heavy atom. The van der Waals surface area contributed by atoms with Crippen LogP contribution in [0.25, 0.3) is 0 Å². The molecule has 0 saturated heterocycles. The van der Waals surface area contributed by atoms with Gasteiger partial charge in [0.15, 0.2) is 0 Å². The van der Waals surface area contributed by atoms with Crippen molar-refractivity contribution in [2.75, 3.05) is 0 Å². The van der Waals surface area contributed by atoms with Crippen molar-refractivity contribution in [2.45, 2.75) is 0 Å². The zero-order valence-corrected chi connectivity index (χ0v) is 17.0. The standard InChI is InChI=1S/C22H18N4OS2/c23-21(19-3-1-13-28-19)25-15-5-9-17(10-6-15)27-18-11-7-16(8-12-18)26-22(24)20-4-2-14-29-20/h1-14H,(H2,23,25)(H2,24,26). The van der Waals surface area contributed by atoms with E-state index in [-0.39, 0.29) is 0 Å². The predicted molar refractivity (Wildman–Crippen MR) is 122 cm³/mol. The number of rotatable bonds is 6. The van der Waals surface area contributed by atoms with E-state index >= 15 is 0 Å². The summed E-state index contributed by atoms with van der Waals surface area (Å²) < 4.78 is 5.89. The largest absolute Gasteiger partial charge is 0.457 e. The normalized spacial score (nSPS) is 12.1. The van der Waals surface area contributed by atoms with E-state index in [1.165, 1.54) is 0 Å².